The van der Waals surface area contributed by atoms with Crippen LogP contribution in [0.4, 0.5) is 0 Å². The number of imidazole rings is 1. The number of fused-ring (bicyclic) bond motifs is 3. The Balaban J connectivity index is 1.99. The van der Waals surface area contributed by atoms with Crippen molar-refractivity contribution in [2.75, 3.05) is 0 Å². The van der Waals surface area contributed by atoms with Gasteiger partial charge in [-0.05, 0) is 24.8 Å². The molecule has 4 nitrogen and oxygen atoms in total. The molecule has 0 amide bonds. The first kappa shape index (κ1) is 11.4. The Morgan fingerprint density at radius 2 is 2.21 bits per heavy atom. The quantitative estimate of drug-likeness (QED) is 0.646. The Kier molecular flexibility index (Phi) is 2.40. The maximum absolute atomic E-state index is 6.38. The summed E-state index contributed by atoms with van der Waals surface area (Å²) in [5, 5.41) is 1.63. The molecule has 1 aliphatic rings. The Labute approximate surface area is 119 Å². The molecule has 0 saturated heterocycles. The van der Waals surface area contributed by atoms with Crippen molar-refractivity contribution in [3.63, 3.8) is 0 Å². The lowest BCUT2D eigenvalue weighted by atomic mass is 10.2. The molecule has 6 heteroatoms. The van der Waals surface area contributed by atoms with E-state index in [0.717, 1.165) is 28.8 Å². The van der Waals surface area contributed by atoms with Crippen molar-refractivity contribution in [2.45, 2.75) is 19.3 Å². The molecule has 0 atom stereocenters. The van der Waals surface area contributed by atoms with Gasteiger partial charge in [0.2, 0.25) is 0 Å². The third-order valence-corrected chi connectivity index (χ3v) is 5.03. The number of hydrogen-bond acceptors (Lipinski definition) is 4. The second kappa shape index (κ2) is 4.02. The average Bonchev–Trinajstić information content (AvgIpc) is 3.02. The molecule has 0 unspecified atom stereocenters. The fraction of sp³-hybridized carbons (Fsp3) is 0.308. The average molecular weight is 291 g/mol. The lowest BCUT2D eigenvalue weighted by Crippen LogP contribution is -1.96. The molecule has 96 valence electrons. The van der Waals surface area contributed by atoms with Crippen LogP contribution in [0, 0.1) is 0 Å². The summed E-state index contributed by atoms with van der Waals surface area (Å²) in [6.45, 7) is 0. The maximum atomic E-state index is 6.38. The summed E-state index contributed by atoms with van der Waals surface area (Å²) in [6, 6.07) is 0. The van der Waals surface area contributed by atoms with Gasteiger partial charge in [-0.25, -0.2) is 15.0 Å². The Morgan fingerprint density at radius 1 is 1.32 bits per heavy atom. The smallest absolute Gasteiger partial charge is 0.180 e. The van der Waals surface area contributed by atoms with Crippen LogP contribution in [0.15, 0.2) is 12.5 Å². The molecule has 3 aromatic heterocycles. The zero-order valence-corrected chi connectivity index (χ0v) is 11.9. The predicted molar refractivity (Wildman–Crippen MR) is 76.7 cm³/mol. The second-order valence-corrected chi connectivity index (χ2v) is 6.21. The van der Waals surface area contributed by atoms with Gasteiger partial charge in [0, 0.05) is 11.9 Å². The number of aryl methyl sites for hydroxylation is 3. The van der Waals surface area contributed by atoms with Gasteiger partial charge in [-0.1, -0.05) is 11.6 Å². The van der Waals surface area contributed by atoms with E-state index in [9.17, 15) is 0 Å². The maximum Gasteiger partial charge on any atom is 0.180 e. The van der Waals surface area contributed by atoms with Crippen LogP contribution in [0.2, 0.25) is 5.15 Å². The largest absolute Gasteiger partial charge is 0.331 e. The van der Waals surface area contributed by atoms with Crippen LogP contribution in [-0.2, 0) is 19.9 Å². The van der Waals surface area contributed by atoms with E-state index >= 15 is 0 Å². The summed E-state index contributed by atoms with van der Waals surface area (Å²) in [5.74, 6) is 0.650. The minimum absolute atomic E-state index is 0.570. The molecule has 3 heterocycles. The third-order valence-electron chi connectivity index (χ3n) is 3.57. The molecule has 1 aliphatic carbocycles. The van der Waals surface area contributed by atoms with Crippen LogP contribution in [0.5, 0.6) is 0 Å². The highest BCUT2D eigenvalue weighted by molar-refractivity contribution is 7.19. The SMILES string of the molecule is Cn1cncc1-c1nc(Cl)c2c3c(sc2n1)CCC3. The van der Waals surface area contributed by atoms with Gasteiger partial charge in [-0.15, -0.1) is 11.3 Å². The van der Waals surface area contributed by atoms with Crippen molar-refractivity contribution >= 4 is 33.2 Å². The number of thiophene rings is 1. The van der Waals surface area contributed by atoms with Crippen molar-refractivity contribution in [2.24, 2.45) is 7.05 Å². The first-order valence-electron chi connectivity index (χ1n) is 6.18. The van der Waals surface area contributed by atoms with Crippen molar-refractivity contribution in [3.05, 3.63) is 28.1 Å². The zero-order chi connectivity index (χ0) is 13.0. The Hall–Kier alpha value is -1.46. The van der Waals surface area contributed by atoms with Crippen LogP contribution in [0.25, 0.3) is 21.7 Å². The first-order valence-corrected chi connectivity index (χ1v) is 7.38. The number of nitrogens with zero attached hydrogens (tertiary/aromatic N) is 4. The molecule has 19 heavy (non-hydrogen) atoms. The molecule has 0 fully saturated rings. The topological polar surface area (TPSA) is 43.6 Å². The minimum Gasteiger partial charge on any atom is -0.331 e. The predicted octanol–water partition coefficient (Wildman–Crippen LogP) is 3.23. The van der Waals surface area contributed by atoms with Gasteiger partial charge in [0.05, 0.1) is 17.9 Å². The highest BCUT2D eigenvalue weighted by atomic mass is 35.5. The van der Waals surface area contributed by atoms with Crippen LogP contribution < -0.4 is 0 Å². The molecule has 0 radical (unpaired) electrons. The summed E-state index contributed by atoms with van der Waals surface area (Å²) >= 11 is 8.13. The molecule has 0 saturated carbocycles. The van der Waals surface area contributed by atoms with Crippen molar-refractivity contribution in [3.8, 4) is 11.5 Å². The van der Waals surface area contributed by atoms with Gasteiger partial charge in [-0.3, -0.25) is 0 Å². The van der Waals surface area contributed by atoms with Gasteiger partial charge < -0.3 is 4.57 Å². The molecule has 4 rings (SSSR count). The molecule has 3 aromatic rings. The first-order chi connectivity index (χ1) is 9.24. The standard InChI is InChI=1S/C13H11ClN4S/c1-18-6-15-5-8(18)12-16-11(14)10-7-3-2-4-9(7)19-13(10)17-12/h5-6H,2-4H2,1H3. The van der Waals surface area contributed by atoms with E-state index < -0.39 is 0 Å². The van der Waals surface area contributed by atoms with Gasteiger partial charge in [0.15, 0.2) is 5.82 Å². The highest BCUT2D eigenvalue weighted by Gasteiger charge is 2.22. The second-order valence-electron chi connectivity index (χ2n) is 4.77. The molecular formula is C13H11ClN4S. The van der Waals surface area contributed by atoms with Gasteiger partial charge in [0.25, 0.3) is 0 Å². The lowest BCUT2D eigenvalue weighted by molar-refractivity contribution is 0.909. The van der Waals surface area contributed by atoms with E-state index in [1.54, 1.807) is 23.9 Å². The molecule has 0 spiro atoms. The van der Waals surface area contributed by atoms with Crippen LogP contribution in [0.3, 0.4) is 0 Å². The number of halogens is 1. The molecule has 0 aromatic carbocycles. The van der Waals surface area contributed by atoms with E-state index in [4.69, 9.17) is 11.6 Å². The normalized spacial score (nSPS) is 14.2. The Bertz CT molecular complexity index is 789. The number of rotatable bonds is 1. The minimum atomic E-state index is 0.570. The Morgan fingerprint density at radius 3 is 3.00 bits per heavy atom. The van der Waals surface area contributed by atoms with Crippen LogP contribution >= 0.6 is 22.9 Å². The van der Waals surface area contributed by atoms with E-state index in [1.165, 1.54) is 16.9 Å². The van der Waals surface area contributed by atoms with E-state index in [2.05, 4.69) is 15.0 Å². The van der Waals surface area contributed by atoms with Crippen molar-refractivity contribution in [1.29, 1.82) is 0 Å². The molecule has 0 N–H and O–H groups in total. The lowest BCUT2D eigenvalue weighted by Gasteiger charge is -2.03. The van der Waals surface area contributed by atoms with Crippen molar-refractivity contribution in [1.82, 2.24) is 19.5 Å². The molecule has 0 aliphatic heterocycles. The molecule has 0 bridgehead atoms. The fourth-order valence-corrected chi connectivity index (χ4v) is 4.24. The van der Waals surface area contributed by atoms with Gasteiger partial charge >= 0.3 is 0 Å². The summed E-state index contributed by atoms with van der Waals surface area (Å²) in [7, 11) is 1.93. The fourth-order valence-electron chi connectivity index (χ4n) is 2.64. The van der Waals surface area contributed by atoms with E-state index in [1.807, 2.05) is 11.6 Å². The molecular weight excluding hydrogens is 280 g/mol. The monoisotopic (exact) mass is 290 g/mol. The summed E-state index contributed by atoms with van der Waals surface area (Å²) in [4.78, 5) is 15.6. The van der Waals surface area contributed by atoms with E-state index in [-0.39, 0.29) is 0 Å². The van der Waals surface area contributed by atoms with Crippen LogP contribution in [0.1, 0.15) is 16.9 Å². The number of aromatic nitrogens is 4. The summed E-state index contributed by atoms with van der Waals surface area (Å²) in [5.41, 5.74) is 2.25. The van der Waals surface area contributed by atoms with Gasteiger partial charge in [-0.2, -0.15) is 0 Å². The van der Waals surface area contributed by atoms with Gasteiger partial charge in [0.1, 0.15) is 15.7 Å². The summed E-state index contributed by atoms with van der Waals surface area (Å²) < 4.78 is 1.90. The third kappa shape index (κ3) is 1.61. The van der Waals surface area contributed by atoms with Crippen LogP contribution in [-0.4, -0.2) is 19.5 Å². The van der Waals surface area contributed by atoms with E-state index in [0.29, 0.717) is 11.0 Å². The number of hydrogen-bond donors (Lipinski definition) is 0. The summed E-state index contributed by atoms with van der Waals surface area (Å²) in [6.07, 6.45) is 6.97. The highest BCUT2D eigenvalue weighted by Crippen LogP contribution is 2.39. The zero-order valence-electron chi connectivity index (χ0n) is 10.4. The van der Waals surface area contributed by atoms with Crippen molar-refractivity contribution < 1.29 is 0 Å².